The first kappa shape index (κ1) is 19.4. The van der Waals surface area contributed by atoms with Crippen LogP contribution in [0.3, 0.4) is 0 Å². The summed E-state index contributed by atoms with van der Waals surface area (Å²) in [5, 5.41) is 3.30. The first-order chi connectivity index (χ1) is 13.0. The molecule has 0 radical (unpaired) electrons. The van der Waals surface area contributed by atoms with E-state index in [0.29, 0.717) is 28.1 Å². The number of nitrogens with one attached hydrogen (secondary N) is 1. The molecule has 2 aromatic rings. The van der Waals surface area contributed by atoms with Crippen molar-refractivity contribution < 1.29 is 14.0 Å². The summed E-state index contributed by atoms with van der Waals surface area (Å²) in [5.74, 6) is -0.768. The predicted molar refractivity (Wildman–Crippen MR) is 107 cm³/mol. The van der Waals surface area contributed by atoms with Crippen LogP contribution in [0, 0.1) is 5.82 Å². The van der Waals surface area contributed by atoms with Crippen molar-refractivity contribution in [1.29, 1.82) is 0 Å². The number of rotatable bonds is 5. The fraction of sp³-hybridized carbons (Fsp3) is 0.211. The molecular weight excluding hydrogens is 389 g/mol. The summed E-state index contributed by atoms with van der Waals surface area (Å²) in [6.07, 6.45) is 0.0328. The molecule has 0 saturated carbocycles. The number of carbonyl (C=O) groups excluding carboxylic acids is 2. The van der Waals surface area contributed by atoms with E-state index in [-0.39, 0.29) is 24.1 Å². The van der Waals surface area contributed by atoms with Crippen LogP contribution in [0.25, 0.3) is 0 Å². The zero-order valence-electron chi connectivity index (χ0n) is 14.5. The number of anilines is 1. The fourth-order valence-electron chi connectivity index (χ4n) is 2.56. The van der Waals surface area contributed by atoms with Gasteiger partial charge in [-0.3, -0.25) is 14.5 Å². The standard InChI is InChI=1S/C19H17ClFN3O2S/c1-2-24-18(26)16(11-17(25)22-14-7-3-12(20)4-8-14)27-19(24)23-15-9-5-13(21)6-10-15/h3-10,16H,2,11H2,1H3,(H,22,25)/t16-/m0/s1. The molecule has 5 nitrogen and oxygen atoms in total. The van der Waals surface area contributed by atoms with Gasteiger partial charge in [-0.2, -0.15) is 0 Å². The second-order valence-corrected chi connectivity index (χ2v) is 7.43. The first-order valence-corrected chi connectivity index (χ1v) is 9.59. The topological polar surface area (TPSA) is 61.8 Å². The molecule has 1 fully saturated rings. The van der Waals surface area contributed by atoms with Crippen molar-refractivity contribution in [3.8, 4) is 0 Å². The van der Waals surface area contributed by atoms with Gasteiger partial charge in [0, 0.05) is 23.7 Å². The van der Waals surface area contributed by atoms with Crippen LogP contribution >= 0.6 is 23.4 Å². The maximum absolute atomic E-state index is 13.0. The van der Waals surface area contributed by atoms with Gasteiger partial charge >= 0.3 is 0 Å². The van der Waals surface area contributed by atoms with E-state index in [4.69, 9.17) is 11.6 Å². The van der Waals surface area contributed by atoms with Crippen LogP contribution < -0.4 is 5.32 Å². The molecule has 0 aromatic heterocycles. The van der Waals surface area contributed by atoms with Crippen molar-refractivity contribution in [1.82, 2.24) is 4.90 Å². The molecule has 0 unspecified atom stereocenters. The lowest BCUT2D eigenvalue weighted by atomic mass is 10.2. The fourth-order valence-corrected chi connectivity index (χ4v) is 3.90. The van der Waals surface area contributed by atoms with E-state index in [0.717, 1.165) is 0 Å². The highest BCUT2D eigenvalue weighted by Crippen LogP contribution is 2.31. The third-order valence-electron chi connectivity index (χ3n) is 3.89. The Bertz CT molecular complexity index is 872. The number of carbonyl (C=O) groups is 2. The summed E-state index contributed by atoms with van der Waals surface area (Å²) in [7, 11) is 0. The Balaban J connectivity index is 1.69. The van der Waals surface area contributed by atoms with E-state index < -0.39 is 5.25 Å². The molecule has 1 aliphatic rings. The monoisotopic (exact) mass is 405 g/mol. The highest BCUT2D eigenvalue weighted by Gasteiger charge is 2.38. The van der Waals surface area contributed by atoms with Gasteiger partial charge in [0.15, 0.2) is 5.17 Å². The van der Waals surface area contributed by atoms with Gasteiger partial charge in [0.1, 0.15) is 11.1 Å². The molecular formula is C19H17ClFN3O2S. The van der Waals surface area contributed by atoms with E-state index in [1.807, 2.05) is 6.92 Å². The highest BCUT2D eigenvalue weighted by molar-refractivity contribution is 8.15. The maximum atomic E-state index is 13.0. The van der Waals surface area contributed by atoms with Crippen LogP contribution in [-0.2, 0) is 9.59 Å². The number of amidine groups is 1. The lowest BCUT2D eigenvalue weighted by Gasteiger charge is -2.13. The molecule has 0 bridgehead atoms. The lowest BCUT2D eigenvalue weighted by Crippen LogP contribution is -2.33. The molecule has 8 heteroatoms. The third-order valence-corrected chi connectivity index (χ3v) is 5.31. The van der Waals surface area contributed by atoms with Crippen molar-refractivity contribution >= 4 is 51.7 Å². The summed E-state index contributed by atoms with van der Waals surface area (Å²) in [5.41, 5.74) is 1.17. The zero-order chi connectivity index (χ0) is 19.4. The SMILES string of the molecule is CCN1C(=O)[C@H](CC(=O)Nc2ccc(Cl)cc2)SC1=Nc1ccc(F)cc1. The van der Waals surface area contributed by atoms with Gasteiger partial charge in [-0.25, -0.2) is 9.38 Å². The average Bonchev–Trinajstić information content (AvgIpc) is 2.93. The zero-order valence-corrected chi connectivity index (χ0v) is 16.1. The van der Waals surface area contributed by atoms with E-state index in [1.54, 1.807) is 36.4 Å². The first-order valence-electron chi connectivity index (χ1n) is 8.34. The molecule has 3 rings (SSSR count). The van der Waals surface area contributed by atoms with Crippen molar-refractivity contribution in [2.24, 2.45) is 4.99 Å². The van der Waals surface area contributed by atoms with E-state index in [9.17, 15) is 14.0 Å². The van der Waals surface area contributed by atoms with E-state index in [1.165, 1.54) is 28.8 Å². The number of amides is 2. The minimum Gasteiger partial charge on any atom is -0.326 e. The van der Waals surface area contributed by atoms with Crippen LogP contribution in [0.15, 0.2) is 53.5 Å². The Morgan fingerprint density at radius 2 is 1.89 bits per heavy atom. The van der Waals surface area contributed by atoms with Gasteiger partial charge in [-0.05, 0) is 55.5 Å². The molecule has 1 aliphatic heterocycles. The number of thioether (sulfide) groups is 1. The molecule has 1 heterocycles. The van der Waals surface area contributed by atoms with Crippen molar-refractivity contribution in [2.45, 2.75) is 18.6 Å². The number of hydrogen-bond acceptors (Lipinski definition) is 4. The van der Waals surface area contributed by atoms with Crippen molar-refractivity contribution in [3.63, 3.8) is 0 Å². The van der Waals surface area contributed by atoms with Gasteiger partial charge in [-0.15, -0.1) is 0 Å². The van der Waals surface area contributed by atoms with Crippen LogP contribution in [0.5, 0.6) is 0 Å². The molecule has 140 valence electrons. The molecule has 0 aliphatic carbocycles. The third kappa shape index (κ3) is 4.87. The smallest absolute Gasteiger partial charge is 0.242 e. The number of nitrogens with zero attached hydrogens (tertiary/aromatic N) is 2. The quantitative estimate of drug-likeness (QED) is 0.798. The van der Waals surface area contributed by atoms with Crippen LogP contribution in [-0.4, -0.2) is 33.7 Å². The van der Waals surface area contributed by atoms with Gasteiger partial charge in [-0.1, -0.05) is 23.4 Å². The summed E-state index contributed by atoms with van der Waals surface area (Å²) in [4.78, 5) is 30.8. The van der Waals surface area contributed by atoms with Crippen LogP contribution in [0.4, 0.5) is 15.8 Å². The second kappa shape index (κ2) is 8.54. The Labute approximate surface area is 165 Å². The minimum absolute atomic E-state index is 0.0328. The largest absolute Gasteiger partial charge is 0.326 e. The molecule has 27 heavy (non-hydrogen) atoms. The maximum Gasteiger partial charge on any atom is 0.242 e. The number of hydrogen-bond donors (Lipinski definition) is 1. The Morgan fingerprint density at radius 3 is 2.52 bits per heavy atom. The van der Waals surface area contributed by atoms with Crippen LogP contribution in [0.2, 0.25) is 5.02 Å². The Morgan fingerprint density at radius 1 is 1.22 bits per heavy atom. The normalized spacial score (nSPS) is 18.2. The summed E-state index contributed by atoms with van der Waals surface area (Å²) < 4.78 is 13.0. The highest BCUT2D eigenvalue weighted by atomic mass is 35.5. The number of benzene rings is 2. The molecule has 2 amide bonds. The van der Waals surface area contributed by atoms with Gasteiger partial charge in [0.2, 0.25) is 11.8 Å². The molecule has 1 saturated heterocycles. The van der Waals surface area contributed by atoms with Gasteiger partial charge < -0.3 is 5.32 Å². The van der Waals surface area contributed by atoms with Gasteiger partial charge in [0.05, 0.1) is 5.69 Å². The molecule has 0 spiro atoms. The average molecular weight is 406 g/mol. The van der Waals surface area contributed by atoms with Crippen molar-refractivity contribution in [3.05, 3.63) is 59.4 Å². The minimum atomic E-state index is -0.545. The van der Waals surface area contributed by atoms with Gasteiger partial charge in [0.25, 0.3) is 0 Å². The van der Waals surface area contributed by atoms with Crippen LogP contribution in [0.1, 0.15) is 13.3 Å². The lowest BCUT2D eigenvalue weighted by molar-refractivity contribution is -0.128. The summed E-state index contributed by atoms with van der Waals surface area (Å²) in [6, 6.07) is 12.5. The van der Waals surface area contributed by atoms with E-state index >= 15 is 0 Å². The van der Waals surface area contributed by atoms with E-state index in [2.05, 4.69) is 10.3 Å². The molecule has 2 aromatic carbocycles. The predicted octanol–water partition coefficient (Wildman–Crippen LogP) is 4.46. The Hall–Kier alpha value is -2.38. The molecule has 1 N–H and O–H groups in total. The number of halogens is 2. The Kier molecular flexibility index (Phi) is 6.13. The summed E-state index contributed by atoms with van der Waals surface area (Å²) >= 11 is 7.07. The summed E-state index contributed by atoms with van der Waals surface area (Å²) in [6.45, 7) is 2.29. The van der Waals surface area contributed by atoms with Crippen molar-refractivity contribution in [2.75, 3.05) is 11.9 Å². The number of aliphatic imine (C=N–C) groups is 1. The second-order valence-electron chi connectivity index (χ2n) is 5.82. The molecule has 1 atom stereocenters.